The molecule has 5 nitrogen and oxygen atoms in total. The van der Waals surface area contributed by atoms with Gasteiger partial charge in [0.15, 0.2) is 0 Å². The largest absolute Gasteiger partial charge is 0.497 e. The molecule has 0 unspecified atom stereocenters. The molecule has 0 bridgehead atoms. The number of amides is 2. The molecule has 0 radical (unpaired) electrons. The number of carbonyl (C=O) groups is 2. The van der Waals surface area contributed by atoms with Gasteiger partial charge in [0.1, 0.15) is 11.8 Å². The van der Waals surface area contributed by atoms with Crippen molar-refractivity contribution in [1.82, 2.24) is 10.2 Å². The van der Waals surface area contributed by atoms with Crippen molar-refractivity contribution < 1.29 is 14.3 Å². The van der Waals surface area contributed by atoms with Crippen LogP contribution in [-0.2, 0) is 21.9 Å². The molecule has 32 heavy (non-hydrogen) atoms. The molecule has 0 aromatic heterocycles. The highest BCUT2D eigenvalue weighted by atomic mass is 35.5. The van der Waals surface area contributed by atoms with Crippen molar-refractivity contribution in [2.24, 2.45) is 0 Å². The summed E-state index contributed by atoms with van der Waals surface area (Å²) in [4.78, 5) is 27.4. The van der Waals surface area contributed by atoms with Gasteiger partial charge in [0.25, 0.3) is 0 Å². The molecule has 1 N–H and O–H groups in total. The van der Waals surface area contributed by atoms with Crippen molar-refractivity contribution in [2.75, 3.05) is 19.4 Å². The number of hydrogen-bond acceptors (Lipinski definition) is 4. The summed E-state index contributed by atoms with van der Waals surface area (Å²) in [7, 11) is 1.61. The van der Waals surface area contributed by atoms with Gasteiger partial charge in [0.05, 0.1) is 12.9 Å². The van der Waals surface area contributed by atoms with Crippen molar-refractivity contribution >= 4 is 46.8 Å². The summed E-state index contributed by atoms with van der Waals surface area (Å²) in [6.07, 6.45) is 1.90. The lowest BCUT2D eigenvalue weighted by molar-refractivity contribution is -0.138. The van der Waals surface area contributed by atoms with Crippen LogP contribution < -0.4 is 10.1 Å². The fourth-order valence-corrected chi connectivity index (χ4v) is 4.48. The number of carbonyl (C=O) groups excluding carboxylic acids is 2. The van der Waals surface area contributed by atoms with E-state index in [1.807, 2.05) is 30.3 Å². The van der Waals surface area contributed by atoms with Crippen LogP contribution >= 0.6 is 35.0 Å². The summed E-state index contributed by atoms with van der Waals surface area (Å²) < 4.78 is 5.21. The Labute approximate surface area is 204 Å². The van der Waals surface area contributed by atoms with Crippen molar-refractivity contribution in [3.8, 4) is 5.75 Å². The van der Waals surface area contributed by atoms with Gasteiger partial charge in [-0.1, -0.05) is 54.7 Å². The third kappa shape index (κ3) is 8.23. The van der Waals surface area contributed by atoms with Crippen molar-refractivity contribution in [1.29, 1.82) is 0 Å². The summed E-state index contributed by atoms with van der Waals surface area (Å²) >= 11 is 13.6. The number of rotatable bonds is 12. The van der Waals surface area contributed by atoms with Crippen LogP contribution in [0.5, 0.6) is 5.75 Å². The molecule has 0 heterocycles. The average Bonchev–Trinajstić information content (AvgIpc) is 2.78. The first-order valence-electron chi connectivity index (χ1n) is 10.6. The van der Waals surface area contributed by atoms with Gasteiger partial charge in [-0.25, -0.2) is 0 Å². The van der Waals surface area contributed by atoms with Crippen molar-refractivity contribution in [3.05, 3.63) is 63.6 Å². The van der Waals surface area contributed by atoms with E-state index in [1.54, 1.807) is 31.1 Å². The van der Waals surface area contributed by atoms with E-state index < -0.39 is 6.04 Å². The minimum atomic E-state index is -0.582. The van der Waals surface area contributed by atoms with Crippen molar-refractivity contribution in [2.45, 2.75) is 45.0 Å². The summed E-state index contributed by atoms with van der Waals surface area (Å²) in [5.74, 6) is 1.31. The molecule has 2 aromatic carbocycles. The standard InChI is InChI=1S/C24H30Cl2N2O3S/c1-4-5-12-27-24(30)17(2)28(14-18-6-10-21(31-3)11-7-18)23(29)16-32-15-19-8-9-20(25)13-22(19)26/h6-11,13,17H,4-5,12,14-16H2,1-3H3,(H,27,30)/t17-/m0/s1. The third-order valence-corrected chi connectivity index (χ3v) is 6.56. The first kappa shape index (κ1) is 26.4. The zero-order valence-corrected chi connectivity index (χ0v) is 21.0. The number of nitrogens with zero attached hydrogens (tertiary/aromatic N) is 1. The Morgan fingerprint density at radius 3 is 2.50 bits per heavy atom. The Balaban J connectivity index is 2.06. The van der Waals surface area contributed by atoms with Gasteiger partial charge in [-0.15, -0.1) is 11.8 Å². The monoisotopic (exact) mass is 496 g/mol. The maximum atomic E-state index is 13.1. The average molecular weight is 497 g/mol. The Morgan fingerprint density at radius 2 is 1.88 bits per heavy atom. The van der Waals surface area contributed by atoms with Gasteiger partial charge in [0, 0.05) is 28.9 Å². The number of hydrogen-bond donors (Lipinski definition) is 1. The molecular formula is C24H30Cl2N2O3S. The van der Waals surface area contributed by atoms with E-state index >= 15 is 0 Å². The van der Waals surface area contributed by atoms with Gasteiger partial charge in [0.2, 0.25) is 11.8 Å². The number of methoxy groups -OCH3 is 1. The molecule has 2 aromatic rings. The lowest BCUT2D eigenvalue weighted by Gasteiger charge is -2.29. The van der Waals surface area contributed by atoms with Crippen LogP contribution in [0.15, 0.2) is 42.5 Å². The molecule has 1 atom stereocenters. The van der Waals surface area contributed by atoms with Crippen LogP contribution in [0.4, 0.5) is 0 Å². The maximum Gasteiger partial charge on any atom is 0.242 e. The van der Waals surface area contributed by atoms with Crippen molar-refractivity contribution in [3.63, 3.8) is 0 Å². The van der Waals surface area contributed by atoms with E-state index in [0.29, 0.717) is 28.9 Å². The lowest BCUT2D eigenvalue weighted by Crippen LogP contribution is -2.48. The second-order valence-electron chi connectivity index (χ2n) is 7.42. The Bertz CT molecular complexity index is 893. The summed E-state index contributed by atoms with van der Waals surface area (Å²) in [5.41, 5.74) is 1.85. The number of unbranched alkanes of at least 4 members (excludes halogenated alkanes) is 1. The van der Waals surface area contributed by atoms with Crippen LogP contribution in [0.3, 0.4) is 0 Å². The Hall–Kier alpha value is -1.89. The van der Waals surface area contributed by atoms with Crippen LogP contribution in [-0.4, -0.2) is 42.2 Å². The van der Waals surface area contributed by atoms with Gasteiger partial charge < -0.3 is 15.0 Å². The fraction of sp³-hybridized carbons (Fsp3) is 0.417. The minimum Gasteiger partial charge on any atom is -0.497 e. The normalized spacial score (nSPS) is 11.7. The Morgan fingerprint density at radius 1 is 1.16 bits per heavy atom. The van der Waals surface area contributed by atoms with E-state index in [9.17, 15) is 9.59 Å². The smallest absolute Gasteiger partial charge is 0.242 e. The van der Waals surface area contributed by atoms with Gasteiger partial charge >= 0.3 is 0 Å². The summed E-state index contributed by atoms with van der Waals surface area (Å²) in [5, 5.41) is 4.08. The van der Waals surface area contributed by atoms with Crippen LogP contribution in [0.2, 0.25) is 10.0 Å². The molecule has 0 fully saturated rings. The molecule has 174 valence electrons. The molecule has 0 aliphatic carbocycles. The molecule has 0 aliphatic heterocycles. The zero-order valence-electron chi connectivity index (χ0n) is 18.7. The Kier molecular flexibility index (Phi) is 11.2. The molecule has 8 heteroatoms. The van der Waals surface area contributed by atoms with Gasteiger partial charge in [-0.2, -0.15) is 0 Å². The van der Waals surface area contributed by atoms with E-state index in [0.717, 1.165) is 29.7 Å². The number of halogens is 2. The lowest BCUT2D eigenvalue weighted by atomic mass is 10.1. The summed E-state index contributed by atoms with van der Waals surface area (Å²) in [6, 6.07) is 12.3. The first-order valence-corrected chi connectivity index (χ1v) is 12.5. The quantitative estimate of drug-likeness (QED) is 0.390. The van der Waals surface area contributed by atoms with Crippen LogP contribution in [0.25, 0.3) is 0 Å². The third-order valence-electron chi connectivity index (χ3n) is 5.01. The zero-order chi connectivity index (χ0) is 23.5. The fourth-order valence-electron chi connectivity index (χ4n) is 3.02. The maximum absolute atomic E-state index is 13.1. The predicted molar refractivity (Wildman–Crippen MR) is 134 cm³/mol. The number of nitrogens with one attached hydrogen (secondary N) is 1. The second kappa shape index (κ2) is 13.6. The highest BCUT2D eigenvalue weighted by Gasteiger charge is 2.26. The van der Waals surface area contributed by atoms with Gasteiger partial charge in [-0.3, -0.25) is 9.59 Å². The van der Waals surface area contributed by atoms with E-state index in [4.69, 9.17) is 27.9 Å². The number of thioether (sulfide) groups is 1. The molecule has 2 amide bonds. The highest BCUT2D eigenvalue weighted by molar-refractivity contribution is 7.99. The topological polar surface area (TPSA) is 58.6 Å². The second-order valence-corrected chi connectivity index (χ2v) is 9.25. The summed E-state index contributed by atoms with van der Waals surface area (Å²) in [6.45, 7) is 4.78. The minimum absolute atomic E-state index is 0.103. The van der Waals surface area contributed by atoms with E-state index in [2.05, 4.69) is 12.2 Å². The van der Waals surface area contributed by atoms with Crippen LogP contribution in [0.1, 0.15) is 37.8 Å². The number of benzene rings is 2. The number of ether oxygens (including phenoxy) is 1. The molecule has 0 aliphatic rings. The first-order chi connectivity index (χ1) is 15.3. The van der Waals surface area contributed by atoms with E-state index in [-0.39, 0.29) is 17.6 Å². The molecule has 0 saturated carbocycles. The molecule has 2 rings (SSSR count). The SMILES string of the molecule is CCCCNC(=O)[C@H](C)N(Cc1ccc(OC)cc1)C(=O)CSCc1ccc(Cl)cc1Cl. The predicted octanol–water partition coefficient (Wildman–Crippen LogP) is 5.57. The molecule has 0 saturated heterocycles. The molecule has 0 spiro atoms. The van der Waals surface area contributed by atoms with Gasteiger partial charge in [-0.05, 0) is 48.7 Å². The highest BCUT2D eigenvalue weighted by Crippen LogP contribution is 2.25. The van der Waals surface area contributed by atoms with Crippen LogP contribution in [0, 0.1) is 0 Å². The van der Waals surface area contributed by atoms with E-state index in [1.165, 1.54) is 11.8 Å². The molecular weight excluding hydrogens is 467 g/mol.